The first-order valence-electron chi connectivity index (χ1n) is 4.55. The molecule has 0 saturated carbocycles. The van der Waals surface area contributed by atoms with Crippen LogP contribution in [0.1, 0.15) is 10.4 Å². The second kappa shape index (κ2) is 4.85. The Balaban J connectivity index is 2.28. The van der Waals surface area contributed by atoms with Crippen molar-refractivity contribution in [2.45, 2.75) is 0 Å². The Morgan fingerprint density at radius 1 is 1.47 bits per heavy atom. The zero-order valence-electron chi connectivity index (χ0n) is 8.48. The highest BCUT2D eigenvalue weighted by Crippen LogP contribution is 2.20. The number of rotatable bonds is 3. The molecule has 1 aromatic heterocycles. The maximum atomic E-state index is 13.3. The molecule has 8 heteroatoms. The maximum absolute atomic E-state index is 13.3. The number of halogens is 1. The molecule has 1 aromatic carbocycles. The molecule has 0 unspecified atom stereocenters. The number of hydrogen-bond acceptors (Lipinski definition) is 6. The van der Waals surface area contributed by atoms with E-state index in [2.05, 4.69) is 20.9 Å². The zero-order valence-corrected chi connectivity index (χ0v) is 9.29. The third kappa shape index (κ3) is 2.37. The van der Waals surface area contributed by atoms with Gasteiger partial charge in [0.05, 0.1) is 11.3 Å². The largest absolute Gasteiger partial charge is 0.321 e. The summed E-state index contributed by atoms with van der Waals surface area (Å²) in [4.78, 5) is 11.8. The van der Waals surface area contributed by atoms with E-state index in [1.807, 2.05) is 0 Å². The van der Waals surface area contributed by atoms with Gasteiger partial charge in [-0.2, -0.15) is 0 Å². The molecule has 0 bridgehead atoms. The minimum Gasteiger partial charge on any atom is -0.321 e. The van der Waals surface area contributed by atoms with E-state index in [1.165, 1.54) is 23.7 Å². The van der Waals surface area contributed by atoms with Crippen LogP contribution in [0.3, 0.4) is 0 Å². The van der Waals surface area contributed by atoms with Gasteiger partial charge in [0.25, 0.3) is 5.91 Å². The number of nitrogens with zero attached hydrogens (tertiary/aromatic N) is 2. The van der Waals surface area contributed by atoms with Crippen molar-refractivity contribution in [2.24, 2.45) is 5.84 Å². The summed E-state index contributed by atoms with van der Waals surface area (Å²) >= 11 is 1.16. The Morgan fingerprint density at radius 3 is 2.94 bits per heavy atom. The van der Waals surface area contributed by atoms with Crippen LogP contribution in [-0.2, 0) is 0 Å². The number of carbonyl (C=O) groups excluding carboxylic acids is 1. The number of carbonyl (C=O) groups is 1. The lowest BCUT2D eigenvalue weighted by atomic mass is 10.1. The number of para-hydroxylation sites is 1. The van der Waals surface area contributed by atoms with Crippen molar-refractivity contribution in [1.82, 2.24) is 10.2 Å². The van der Waals surface area contributed by atoms with Crippen LogP contribution in [0.4, 0.5) is 15.2 Å². The number of aromatic nitrogens is 2. The Morgan fingerprint density at radius 2 is 2.29 bits per heavy atom. The average Bonchev–Trinajstić information content (AvgIpc) is 2.81. The van der Waals surface area contributed by atoms with Crippen molar-refractivity contribution < 1.29 is 9.18 Å². The number of hydrogen-bond donors (Lipinski definition) is 3. The Bertz CT molecular complexity index is 530. The minimum absolute atomic E-state index is 0.0606. The normalized spacial score (nSPS) is 10.0. The van der Waals surface area contributed by atoms with Crippen molar-refractivity contribution >= 4 is 28.1 Å². The summed E-state index contributed by atoms with van der Waals surface area (Å²) in [6, 6.07) is 4.08. The molecule has 0 fully saturated rings. The molecule has 6 nitrogen and oxygen atoms in total. The van der Waals surface area contributed by atoms with Crippen LogP contribution >= 0.6 is 11.3 Å². The fourth-order valence-corrected chi connectivity index (χ4v) is 1.69. The highest BCUT2D eigenvalue weighted by Gasteiger charge is 2.15. The van der Waals surface area contributed by atoms with Gasteiger partial charge < -0.3 is 5.43 Å². The van der Waals surface area contributed by atoms with Crippen LogP contribution in [0.2, 0.25) is 0 Å². The topological polar surface area (TPSA) is 92.9 Å². The molecule has 0 aliphatic carbocycles. The first-order chi connectivity index (χ1) is 8.22. The van der Waals surface area contributed by atoms with E-state index in [0.29, 0.717) is 5.13 Å². The van der Waals surface area contributed by atoms with Crippen LogP contribution in [0.5, 0.6) is 0 Å². The number of hydrazine groups is 1. The predicted octanol–water partition coefficient (Wildman–Crippen LogP) is 1.22. The fourth-order valence-electron chi connectivity index (χ4n) is 1.25. The lowest BCUT2D eigenvalue weighted by Crippen LogP contribution is -2.18. The Kier molecular flexibility index (Phi) is 3.26. The Labute approximate surface area is 99.6 Å². The van der Waals surface area contributed by atoms with Gasteiger partial charge in [-0.05, 0) is 12.1 Å². The highest BCUT2D eigenvalue weighted by molar-refractivity contribution is 7.13. The minimum atomic E-state index is -0.600. The molecule has 2 aromatic rings. The molecular formula is C9H8FN5OS. The van der Waals surface area contributed by atoms with Gasteiger partial charge in [-0.15, -0.1) is 10.2 Å². The van der Waals surface area contributed by atoms with Crippen LogP contribution < -0.4 is 16.6 Å². The average molecular weight is 253 g/mol. The summed E-state index contributed by atoms with van der Waals surface area (Å²) in [5.41, 5.74) is 3.67. The molecular weight excluding hydrogens is 245 g/mol. The summed E-state index contributed by atoms with van der Waals surface area (Å²) in [6.07, 6.45) is 0. The molecule has 0 aliphatic rings. The smallest absolute Gasteiger partial charge is 0.259 e. The van der Waals surface area contributed by atoms with Crippen molar-refractivity contribution in [2.75, 3.05) is 10.7 Å². The Hall–Kier alpha value is -2.06. The summed E-state index contributed by atoms with van der Waals surface area (Å²) < 4.78 is 13.3. The molecule has 1 heterocycles. The first kappa shape index (κ1) is 11.4. The van der Waals surface area contributed by atoms with E-state index in [4.69, 9.17) is 5.84 Å². The molecule has 0 radical (unpaired) electrons. The third-order valence-electron chi connectivity index (χ3n) is 1.98. The van der Waals surface area contributed by atoms with Crippen LogP contribution in [0.25, 0.3) is 0 Å². The van der Waals surface area contributed by atoms with Crippen molar-refractivity contribution in [1.29, 1.82) is 0 Å². The molecule has 0 aliphatic heterocycles. The van der Waals surface area contributed by atoms with E-state index >= 15 is 0 Å². The second-order valence-corrected chi connectivity index (χ2v) is 3.84. The van der Waals surface area contributed by atoms with Gasteiger partial charge >= 0.3 is 0 Å². The van der Waals surface area contributed by atoms with Crippen LogP contribution in [0.15, 0.2) is 23.7 Å². The highest BCUT2D eigenvalue weighted by atomic mass is 32.1. The van der Waals surface area contributed by atoms with Gasteiger partial charge in [0.15, 0.2) is 0 Å². The third-order valence-corrected chi connectivity index (χ3v) is 2.59. The van der Waals surface area contributed by atoms with E-state index in [9.17, 15) is 9.18 Å². The van der Waals surface area contributed by atoms with Crippen molar-refractivity contribution in [3.63, 3.8) is 0 Å². The lowest BCUT2D eigenvalue weighted by molar-refractivity contribution is 0.102. The van der Waals surface area contributed by atoms with E-state index in [1.54, 1.807) is 0 Å². The van der Waals surface area contributed by atoms with Crippen molar-refractivity contribution in [3.8, 4) is 0 Å². The fraction of sp³-hybridized carbons (Fsp3) is 0. The summed E-state index contributed by atoms with van der Waals surface area (Å²) in [7, 11) is 0. The monoisotopic (exact) mass is 253 g/mol. The summed E-state index contributed by atoms with van der Waals surface area (Å²) in [6.45, 7) is 0. The van der Waals surface area contributed by atoms with Crippen LogP contribution in [-0.4, -0.2) is 16.1 Å². The van der Waals surface area contributed by atoms with Gasteiger partial charge in [0, 0.05) is 0 Å². The first-order valence-corrected chi connectivity index (χ1v) is 5.43. The number of nitrogens with two attached hydrogens (primary N) is 1. The number of nitrogens with one attached hydrogen (secondary N) is 2. The quantitative estimate of drug-likeness (QED) is 0.565. The van der Waals surface area contributed by atoms with Gasteiger partial charge in [0.2, 0.25) is 5.13 Å². The standard InChI is InChI=1S/C9H8FN5OS/c10-6-3-1-2-5(7(6)14-11)8(16)13-9-15-12-4-17-9/h1-4,14H,11H2,(H,13,15,16). The van der Waals surface area contributed by atoms with Gasteiger partial charge in [-0.1, -0.05) is 17.4 Å². The SMILES string of the molecule is NNc1c(F)cccc1C(=O)Nc1nncs1. The number of nitrogen functional groups attached to an aromatic ring is 1. The molecule has 1 amide bonds. The van der Waals surface area contributed by atoms with Crippen LogP contribution in [0, 0.1) is 5.82 Å². The van der Waals surface area contributed by atoms with E-state index in [0.717, 1.165) is 11.3 Å². The lowest BCUT2D eigenvalue weighted by Gasteiger charge is -2.08. The molecule has 0 spiro atoms. The molecule has 4 N–H and O–H groups in total. The summed E-state index contributed by atoms with van der Waals surface area (Å²) in [5.74, 6) is 4.06. The van der Waals surface area contributed by atoms with E-state index < -0.39 is 11.7 Å². The van der Waals surface area contributed by atoms with Gasteiger partial charge in [-0.3, -0.25) is 16.0 Å². The van der Waals surface area contributed by atoms with Gasteiger partial charge in [0.1, 0.15) is 11.3 Å². The number of benzene rings is 1. The van der Waals surface area contributed by atoms with Gasteiger partial charge in [-0.25, -0.2) is 4.39 Å². The number of amides is 1. The molecule has 0 atom stereocenters. The van der Waals surface area contributed by atoms with E-state index in [-0.39, 0.29) is 11.3 Å². The predicted molar refractivity (Wildman–Crippen MR) is 62.1 cm³/mol. The molecule has 88 valence electrons. The van der Waals surface area contributed by atoms with Crippen molar-refractivity contribution in [3.05, 3.63) is 35.1 Å². The molecule has 2 rings (SSSR count). The maximum Gasteiger partial charge on any atom is 0.259 e. The second-order valence-electron chi connectivity index (χ2n) is 3.00. The molecule has 0 saturated heterocycles. The zero-order chi connectivity index (χ0) is 12.3. The molecule has 17 heavy (non-hydrogen) atoms. The summed E-state index contributed by atoms with van der Waals surface area (Å²) in [5, 5.41) is 10.0. The number of anilines is 2.